The highest BCUT2D eigenvalue weighted by Crippen LogP contribution is 2.29. The Labute approximate surface area is 141 Å². The van der Waals surface area contributed by atoms with Gasteiger partial charge in [-0.1, -0.05) is 44.2 Å². The number of nitrogens with one attached hydrogen (secondary N) is 1. The molecular weight excluding hydrogens is 306 g/mol. The maximum absolute atomic E-state index is 12.2. The van der Waals surface area contributed by atoms with Crippen molar-refractivity contribution in [2.45, 2.75) is 32.7 Å². The molecule has 2 aromatic carbocycles. The van der Waals surface area contributed by atoms with Crippen molar-refractivity contribution < 1.29 is 19.4 Å². The summed E-state index contributed by atoms with van der Waals surface area (Å²) >= 11 is 0. The van der Waals surface area contributed by atoms with Crippen LogP contribution in [0.25, 0.3) is 10.8 Å². The van der Waals surface area contributed by atoms with Crippen LogP contribution in [0.15, 0.2) is 36.4 Å². The van der Waals surface area contributed by atoms with Crippen LogP contribution < -0.4 is 10.1 Å². The third-order valence-corrected chi connectivity index (χ3v) is 4.07. The lowest BCUT2D eigenvalue weighted by Crippen LogP contribution is -2.44. The maximum Gasteiger partial charge on any atom is 0.326 e. The predicted octanol–water partition coefficient (Wildman–Crippen LogP) is 3.01. The fraction of sp³-hybridized carbons (Fsp3) is 0.368. The van der Waals surface area contributed by atoms with Crippen LogP contribution >= 0.6 is 0 Å². The average Bonchev–Trinajstić information content (AvgIpc) is 2.56. The van der Waals surface area contributed by atoms with E-state index in [1.807, 2.05) is 36.4 Å². The van der Waals surface area contributed by atoms with Gasteiger partial charge in [0, 0.05) is 12.0 Å². The Morgan fingerprint density at radius 2 is 1.88 bits per heavy atom. The van der Waals surface area contributed by atoms with Crippen molar-refractivity contribution in [1.29, 1.82) is 0 Å². The van der Waals surface area contributed by atoms with E-state index in [1.165, 1.54) is 0 Å². The summed E-state index contributed by atoms with van der Waals surface area (Å²) in [4.78, 5) is 23.3. The zero-order chi connectivity index (χ0) is 17.7. The van der Waals surface area contributed by atoms with E-state index in [0.717, 1.165) is 22.1 Å². The van der Waals surface area contributed by atoms with Crippen molar-refractivity contribution in [3.63, 3.8) is 0 Å². The van der Waals surface area contributed by atoms with Crippen molar-refractivity contribution in [2.24, 2.45) is 5.92 Å². The third kappa shape index (κ3) is 4.04. The molecule has 2 aromatic rings. The molecule has 0 spiro atoms. The van der Waals surface area contributed by atoms with Gasteiger partial charge in [-0.3, -0.25) is 4.79 Å². The highest BCUT2D eigenvalue weighted by molar-refractivity contribution is 5.89. The molecule has 128 valence electrons. The zero-order valence-corrected chi connectivity index (χ0v) is 14.2. The van der Waals surface area contributed by atoms with Gasteiger partial charge in [0.2, 0.25) is 5.91 Å². The molecule has 2 rings (SSSR count). The lowest BCUT2D eigenvalue weighted by atomic mass is 9.99. The molecule has 0 fully saturated rings. The number of aliphatic carboxylic acids is 1. The monoisotopic (exact) mass is 329 g/mol. The van der Waals surface area contributed by atoms with E-state index in [0.29, 0.717) is 6.42 Å². The lowest BCUT2D eigenvalue weighted by molar-refractivity contribution is -0.143. The van der Waals surface area contributed by atoms with Gasteiger partial charge in [-0.05, 0) is 29.2 Å². The number of hydrogen-bond acceptors (Lipinski definition) is 3. The molecule has 0 radical (unpaired) electrons. The van der Waals surface area contributed by atoms with E-state index in [1.54, 1.807) is 21.0 Å². The number of rotatable bonds is 7. The number of benzene rings is 2. The molecule has 2 N–H and O–H groups in total. The molecule has 5 heteroatoms. The molecule has 0 aliphatic carbocycles. The van der Waals surface area contributed by atoms with Crippen LogP contribution in [0.1, 0.15) is 25.8 Å². The molecule has 5 nitrogen and oxygen atoms in total. The molecule has 0 aliphatic rings. The Balaban J connectivity index is 2.15. The number of ether oxygens (including phenoxy) is 1. The highest BCUT2D eigenvalue weighted by atomic mass is 16.5. The smallest absolute Gasteiger partial charge is 0.326 e. The van der Waals surface area contributed by atoms with Crippen LogP contribution in [0.4, 0.5) is 0 Å². The summed E-state index contributed by atoms with van der Waals surface area (Å²) in [5, 5.41) is 13.9. The number of carboxylic acid groups (broad SMARTS) is 1. The third-order valence-electron chi connectivity index (χ3n) is 4.07. The second kappa shape index (κ2) is 7.81. The molecule has 1 atom stereocenters. The normalized spacial score (nSPS) is 12.2. The molecule has 0 aromatic heterocycles. The molecule has 0 saturated carbocycles. The van der Waals surface area contributed by atoms with Crippen LogP contribution in [0, 0.1) is 5.92 Å². The first-order valence-electron chi connectivity index (χ1n) is 8.00. The summed E-state index contributed by atoms with van der Waals surface area (Å²) in [6.07, 6.45) is 0.696. The summed E-state index contributed by atoms with van der Waals surface area (Å²) in [5.41, 5.74) is 0.960. The molecule has 1 amide bonds. The van der Waals surface area contributed by atoms with Gasteiger partial charge < -0.3 is 15.2 Å². The van der Waals surface area contributed by atoms with E-state index in [-0.39, 0.29) is 18.2 Å². The lowest BCUT2D eigenvalue weighted by Gasteiger charge is -2.18. The van der Waals surface area contributed by atoms with Crippen molar-refractivity contribution in [3.05, 3.63) is 42.0 Å². The quantitative estimate of drug-likeness (QED) is 0.819. The van der Waals surface area contributed by atoms with Crippen LogP contribution in [0.5, 0.6) is 5.75 Å². The fourth-order valence-corrected chi connectivity index (χ4v) is 2.76. The van der Waals surface area contributed by atoms with E-state index in [4.69, 9.17) is 9.84 Å². The molecule has 0 heterocycles. The van der Waals surface area contributed by atoms with Gasteiger partial charge in [0.1, 0.15) is 11.8 Å². The Morgan fingerprint density at radius 1 is 1.17 bits per heavy atom. The SMILES string of the molecule is COc1ccc2ccccc2c1CCC(=O)NC(C(=O)O)C(C)C. The molecule has 0 bridgehead atoms. The highest BCUT2D eigenvalue weighted by Gasteiger charge is 2.23. The number of hydrogen-bond donors (Lipinski definition) is 2. The summed E-state index contributed by atoms with van der Waals surface area (Å²) in [6.45, 7) is 3.54. The van der Waals surface area contributed by atoms with E-state index < -0.39 is 12.0 Å². The van der Waals surface area contributed by atoms with Gasteiger partial charge in [-0.15, -0.1) is 0 Å². The average molecular weight is 329 g/mol. The van der Waals surface area contributed by atoms with Crippen molar-refractivity contribution >= 4 is 22.6 Å². The van der Waals surface area contributed by atoms with Gasteiger partial charge in [-0.25, -0.2) is 4.79 Å². The summed E-state index contributed by atoms with van der Waals surface area (Å²) in [7, 11) is 1.60. The van der Waals surface area contributed by atoms with Crippen LogP contribution in [0.3, 0.4) is 0 Å². The summed E-state index contributed by atoms with van der Waals surface area (Å²) < 4.78 is 5.42. The summed E-state index contributed by atoms with van der Waals surface area (Å²) in [6, 6.07) is 10.9. The fourth-order valence-electron chi connectivity index (χ4n) is 2.76. The second-order valence-electron chi connectivity index (χ2n) is 6.09. The van der Waals surface area contributed by atoms with Crippen molar-refractivity contribution in [1.82, 2.24) is 5.32 Å². The van der Waals surface area contributed by atoms with Crippen LogP contribution in [-0.4, -0.2) is 30.1 Å². The molecule has 1 unspecified atom stereocenters. The van der Waals surface area contributed by atoms with E-state index >= 15 is 0 Å². The van der Waals surface area contributed by atoms with Crippen molar-refractivity contribution in [2.75, 3.05) is 7.11 Å². The predicted molar refractivity (Wildman–Crippen MR) is 93.2 cm³/mol. The van der Waals surface area contributed by atoms with Gasteiger partial charge >= 0.3 is 5.97 Å². The second-order valence-corrected chi connectivity index (χ2v) is 6.09. The molecular formula is C19H23NO4. The number of aryl methyl sites for hydroxylation is 1. The van der Waals surface area contributed by atoms with Crippen molar-refractivity contribution in [3.8, 4) is 5.75 Å². The number of methoxy groups -OCH3 is 1. The van der Waals surface area contributed by atoms with Gasteiger partial charge in [0.25, 0.3) is 0 Å². The topological polar surface area (TPSA) is 75.6 Å². The minimum atomic E-state index is -1.01. The van der Waals surface area contributed by atoms with E-state index in [9.17, 15) is 9.59 Å². The Morgan fingerprint density at radius 3 is 2.50 bits per heavy atom. The first-order chi connectivity index (χ1) is 11.4. The molecule has 0 saturated heterocycles. The number of carbonyl (C=O) groups is 2. The Bertz CT molecular complexity index is 739. The zero-order valence-electron chi connectivity index (χ0n) is 14.2. The largest absolute Gasteiger partial charge is 0.496 e. The minimum absolute atomic E-state index is 0.168. The standard InChI is InChI=1S/C19H23NO4/c1-12(2)18(19(22)23)20-17(21)11-9-15-14-7-5-4-6-13(14)8-10-16(15)24-3/h4-8,10,12,18H,9,11H2,1-3H3,(H,20,21)(H,22,23). The first-order valence-corrected chi connectivity index (χ1v) is 8.00. The maximum atomic E-state index is 12.2. The van der Waals surface area contributed by atoms with Crippen LogP contribution in [-0.2, 0) is 16.0 Å². The number of carbonyl (C=O) groups excluding carboxylic acids is 1. The first kappa shape index (κ1) is 17.8. The summed E-state index contributed by atoms with van der Waals surface area (Å²) in [5.74, 6) is -0.717. The van der Waals surface area contributed by atoms with Crippen LogP contribution in [0.2, 0.25) is 0 Å². The van der Waals surface area contributed by atoms with Gasteiger partial charge in [0.15, 0.2) is 0 Å². The molecule has 0 aliphatic heterocycles. The number of fused-ring (bicyclic) bond motifs is 1. The van der Waals surface area contributed by atoms with Gasteiger partial charge in [-0.2, -0.15) is 0 Å². The van der Waals surface area contributed by atoms with Gasteiger partial charge in [0.05, 0.1) is 7.11 Å². The Hall–Kier alpha value is -2.56. The number of amides is 1. The molecule has 24 heavy (non-hydrogen) atoms. The Kier molecular flexibility index (Phi) is 5.79. The van der Waals surface area contributed by atoms with E-state index in [2.05, 4.69) is 5.32 Å². The number of carboxylic acids is 1. The minimum Gasteiger partial charge on any atom is -0.496 e.